The van der Waals surface area contributed by atoms with Crippen LogP contribution in [0.2, 0.25) is 0 Å². The molecular formula is C17H23N3O2S. The van der Waals surface area contributed by atoms with E-state index in [1.54, 1.807) is 25.5 Å². The molecule has 1 heterocycles. The number of thiophene rings is 1. The summed E-state index contributed by atoms with van der Waals surface area (Å²) in [7, 11) is 3.41. The van der Waals surface area contributed by atoms with Crippen molar-refractivity contribution in [2.45, 2.75) is 19.6 Å². The highest BCUT2D eigenvalue weighted by Gasteiger charge is 2.06. The third kappa shape index (κ3) is 5.83. The smallest absolute Gasteiger partial charge is 0.191 e. The molecule has 0 fully saturated rings. The largest absolute Gasteiger partial charge is 0.497 e. The van der Waals surface area contributed by atoms with E-state index in [4.69, 9.17) is 9.47 Å². The number of benzene rings is 1. The van der Waals surface area contributed by atoms with Crippen LogP contribution in [-0.2, 0) is 6.54 Å². The van der Waals surface area contributed by atoms with Crippen molar-refractivity contribution in [3.63, 3.8) is 0 Å². The summed E-state index contributed by atoms with van der Waals surface area (Å²) < 4.78 is 11.1. The lowest BCUT2D eigenvalue weighted by molar-refractivity contribution is 0.223. The molecule has 2 rings (SSSR count). The number of nitrogens with zero attached hydrogens (tertiary/aromatic N) is 1. The summed E-state index contributed by atoms with van der Waals surface area (Å²) in [5.41, 5.74) is 1.25. The molecule has 0 saturated heterocycles. The van der Waals surface area contributed by atoms with E-state index in [0.717, 1.165) is 24.0 Å². The Hall–Kier alpha value is -2.21. The quantitative estimate of drug-likeness (QED) is 0.604. The topological polar surface area (TPSA) is 54.9 Å². The average molecular weight is 333 g/mol. The van der Waals surface area contributed by atoms with Gasteiger partial charge in [-0.2, -0.15) is 11.3 Å². The molecule has 0 saturated carbocycles. The SMILES string of the molecule is CN=C(NCc1ccsc1)NCC(C)Oc1cccc(OC)c1. The summed E-state index contributed by atoms with van der Waals surface area (Å²) >= 11 is 1.69. The lowest BCUT2D eigenvalue weighted by atomic mass is 10.3. The van der Waals surface area contributed by atoms with Gasteiger partial charge in [-0.25, -0.2) is 0 Å². The van der Waals surface area contributed by atoms with Gasteiger partial charge < -0.3 is 20.1 Å². The molecule has 0 aliphatic rings. The monoisotopic (exact) mass is 333 g/mol. The van der Waals surface area contributed by atoms with Gasteiger partial charge in [0.1, 0.15) is 17.6 Å². The maximum atomic E-state index is 5.88. The Labute approximate surface area is 141 Å². The van der Waals surface area contributed by atoms with Crippen LogP contribution in [0.5, 0.6) is 11.5 Å². The fourth-order valence-corrected chi connectivity index (χ4v) is 2.66. The second-order valence-corrected chi connectivity index (χ2v) is 5.83. The van der Waals surface area contributed by atoms with Gasteiger partial charge in [-0.1, -0.05) is 6.07 Å². The molecule has 0 bridgehead atoms. The van der Waals surface area contributed by atoms with Crippen LogP contribution in [-0.4, -0.2) is 32.8 Å². The number of nitrogens with one attached hydrogen (secondary N) is 2. The first kappa shape index (κ1) is 17.1. The first-order valence-electron chi connectivity index (χ1n) is 7.47. The van der Waals surface area contributed by atoms with Crippen LogP contribution < -0.4 is 20.1 Å². The normalized spacial score (nSPS) is 12.6. The number of guanidine groups is 1. The Morgan fingerprint density at radius 2 is 2.09 bits per heavy atom. The van der Waals surface area contributed by atoms with Crippen molar-refractivity contribution in [2.75, 3.05) is 20.7 Å². The van der Waals surface area contributed by atoms with Crippen molar-refractivity contribution >= 4 is 17.3 Å². The summed E-state index contributed by atoms with van der Waals surface area (Å²) in [6.07, 6.45) is 0.00167. The summed E-state index contributed by atoms with van der Waals surface area (Å²) in [5, 5.41) is 10.7. The standard InChI is InChI=1S/C17H23N3O2S/c1-13(22-16-6-4-5-15(9-16)21-3)10-19-17(18-2)20-11-14-7-8-23-12-14/h4-9,12-13H,10-11H2,1-3H3,(H2,18,19,20). The number of rotatable bonds is 7. The van der Waals surface area contributed by atoms with Gasteiger partial charge in [-0.3, -0.25) is 4.99 Å². The maximum absolute atomic E-state index is 5.88. The predicted molar refractivity (Wildman–Crippen MR) is 95.6 cm³/mol. The summed E-state index contributed by atoms with van der Waals surface area (Å²) in [5.74, 6) is 2.34. The van der Waals surface area contributed by atoms with Crippen molar-refractivity contribution < 1.29 is 9.47 Å². The van der Waals surface area contributed by atoms with Crippen molar-refractivity contribution in [1.82, 2.24) is 10.6 Å². The Bertz CT molecular complexity index is 614. The lowest BCUT2D eigenvalue weighted by Crippen LogP contribution is -2.41. The first-order valence-corrected chi connectivity index (χ1v) is 8.42. The maximum Gasteiger partial charge on any atom is 0.191 e. The van der Waals surface area contributed by atoms with Crippen LogP contribution in [0.1, 0.15) is 12.5 Å². The Morgan fingerprint density at radius 3 is 2.78 bits per heavy atom. The summed E-state index contributed by atoms with van der Waals surface area (Å²) in [6.45, 7) is 3.42. The molecule has 0 amide bonds. The van der Waals surface area contributed by atoms with Crippen LogP contribution in [0.3, 0.4) is 0 Å². The van der Waals surface area contributed by atoms with Crippen molar-refractivity contribution in [3.05, 3.63) is 46.7 Å². The highest BCUT2D eigenvalue weighted by atomic mass is 32.1. The number of hydrogen-bond donors (Lipinski definition) is 2. The molecule has 2 aromatic rings. The highest BCUT2D eigenvalue weighted by Crippen LogP contribution is 2.19. The molecule has 0 aliphatic carbocycles. The van der Waals surface area contributed by atoms with E-state index in [-0.39, 0.29) is 6.10 Å². The van der Waals surface area contributed by atoms with Gasteiger partial charge in [0.2, 0.25) is 0 Å². The van der Waals surface area contributed by atoms with Gasteiger partial charge >= 0.3 is 0 Å². The highest BCUT2D eigenvalue weighted by molar-refractivity contribution is 7.07. The van der Waals surface area contributed by atoms with Gasteiger partial charge in [-0.05, 0) is 41.4 Å². The second-order valence-electron chi connectivity index (χ2n) is 5.05. The molecule has 6 heteroatoms. The summed E-state index contributed by atoms with van der Waals surface area (Å²) in [6, 6.07) is 9.70. The molecule has 1 aromatic carbocycles. The third-order valence-corrected chi connectivity index (χ3v) is 3.93. The minimum absolute atomic E-state index is 0.00167. The Morgan fingerprint density at radius 1 is 1.26 bits per heavy atom. The van der Waals surface area contributed by atoms with E-state index in [9.17, 15) is 0 Å². The molecule has 0 spiro atoms. The van der Waals surface area contributed by atoms with Crippen LogP contribution in [0, 0.1) is 0 Å². The number of aliphatic imine (C=N–C) groups is 1. The van der Waals surface area contributed by atoms with E-state index in [1.807, 2.05) is 31.2 Å². The van der Waals surface area contributed by atoms with E-state index in [1.165, 1.54) is 5.56 Å². The fraction of sp³-hybridized carbons (Fsp3) is 0.353. The zero-order chi connectivity index (χ0) is 16.5. The van der Waals surface area contributed by atoms with E-state index in [2.05, 4.69) is 32.5 Å². The molecule has 1 unspecified atom stereocenters. The Kier molecular flexibility index (Phi) is 6.75. The molecule has 1 aromatic heterocycles. The van der Waals surface area contributed by atoms with Crippen LogP contribution in [0.4, 0.5) is 0 Å². The van der Waals surface area contributed by atoms with Crippen molar-refractivity contribution in [3.8, 4) is 11.5 Å². The predicted octanol–water partition coefficient (Wildman–Crippen LogP) is 2.89. The van der Waals surface area contributed by atoms with E-state index < -0.39 is 0 Å². The fourth-order valence-electron chi connectivity index (χ4n) is 1.99. The van der Waals surface area contributed by atoms with Gasteiger partial charge in [0, 0.05) is 19.7 Å². The van der Waals surface area contributed by atoms with Crippen LogP contribution in [0.15, 0.2) is 46.1 Å². The summed E-state index contributed by atoms with van der Waals surface area (Å²) in [4.78, 5) is 4.22. The van der Waals surface area contributed by atoms with Gasteiger partial charge in [0.25, 0.3) is 0 Å². The first-order chi connectivity index (χ1) is 11.2. The molecule has 5 nitrogen and oxygen atoms in total. The van der Waals surface area contributed by atoms with Crippen LogP contribution in [0.25, 0.3) is 0 Å². The Balaban J connectivity index is 1.76. The van der Waals surface area contributed by atoms with Crippen molar-refractivity contribution in [1.29, 1.82) is 0 Å². The van der Waals surface area contributed by atoms with Crippen LogP contribution >= 0.6 is 11.3 Å². The minimum atomic E-state index is 0.00167. The second kappa shape index (κ2) is 9.05. The lowest BCUT2D eigenvalue weighted by Gasteiger charge is -2.18. The molecular weight excluding hydrogens is 310 g/mol. The molecule has 124 valence electrons. The van der Waals surface area contributed by atoms with Gasteiger partial charge in [-0.15, -0.1) is 0 Å². The number of methoxy groups -OCH3 is 1. The molecule has 1 atom stereocenters. The van der Waals surface area contributed by atoms with E-state index in [0.29, 0.717) is 6.54 Å². The zero-order valence-corrected chi connectivity index (χ0v) is 14.5. The number of hydrogen-bond acceptors (Lipinski definition) is 4. The van der Waals surface area contributed by atoms with E-state index >= 15 is 0 Å². The molecule has 0 aliphatic heterocycles. The third-order valence-electron chi connectivity index (χ3n) is 3.20. The average Bonchev–Trinajstić information content (AvgIpc) is 3.08. The van der Waals surface area contributed by atoms with Gasteiger partial charge in [0.05, 0.1) is 13.7 Å². The van der Waals surface area contributed by atoms with Gasteiger partial charge in [0.15, 0.2) is 5.96 Å². The van der Waals surface area contributed by atoms with Crippen molar-refractivity contribution in [2.24, 2.45) is 4.99 Å². The molecule has 2 N–H and O–H groups in total. The number of ether oxygens (including phenoxy) is 2. The molecule has 23 heavy (non-hydrogen) atoms. The zero-order valence-electron chi connectivity index (χ0n) is 13.7. The minimum Gasteiger partial charge on any atom is -0.497 e. The molecule has 0 radical (unpaired) electrons.